The van der Waals surface area contributed by atoms with Gasteiger partial charge in [0.05, 0.1) is 5.69 Å². The molecule has 0 saturated heterocycles. The second-order valence-electron chi connectivity index (χ2n) is 9.78. The van der Waals surface area contributed by atoms with Crippen LogP contribution >= 0.6 is 27.7 Å². The molecule has 7 heteroatoms. The fourth-order valence-electron chi connectivity index (χ4n) is 2.37. The fraction of sp³-hybridized carbons (Fsp3) is 0.625. The molecule has 1 rings (SSSR count). The minimum absolute atomic E-state index is 0.0692. The van der Waals surface area contributed by atoms with E-state index in [2.05, 4.69) is 15.9 Å². The predicted molar refractivity (Wildman–Crippen MR) is 130 cm³/mol. The molecule has 0 radical (unpaired) electrons. The molecule has 31 heavy (non-hydrogen) atoms. The van der Waals surface area contributed by atoms with Crippen LogP contribution < -0.4 is 4.90 Å². The molecule has 0 aliphatic rings. The van der Waals surface area contributed by atoms with Gasteiger partial charge in [-0.25, -0.2) is 9.29 Å². The summed E-state index contributed by atoms with van der Waals surface area (Å²) in [6.45, 7) is 16.3. The van der Waals surface area contributed by atoms with Gasteiger partial charge < -0.3 is 0 Å². The highest BCUT2D eigenvalue weighted by Gasteiger charge is 2.41. The summed E-state index contributed by atoms with van der Waals surface area (Å²) in [5.41, 5.74) is -2.39. The fourth-order valence-corrected chi connectivity index (χ4v) is 3.87. The Labute approximate surface area is 198 Å². The Kier molecular flexibility index (Phi) is 9.12. The van der Waals surface area contributed by atoms with Crippen molar-refractivity contribution in [2.24, 2.45) is 16.2 Å². The highest BCUT2D eigenvalue weighted by molar-refractivity contribution is 9.10. The number of benzene rings is 1. The van der Waals surface area contributed by atoms with Crippen LogP contribution in [-0.4, -0.2) is 16.9 Å². The average molecular weight is 517 g/mol. The lowest BCUT2D eigenvalue weighted by atomic mass is 9.84. The summed E-state index contributed by atoms with van der Waals surface area (Å²) in [6.07, 6.45) is 1.64. The van der Waals surface area contributed by atoms with Gasteiger partial charge in [0.1, 0.15) is 5.82 Å². The largest absolute Gasteiger partial charge is 0.286 e. The molecule has 0 aliphatic heterocycles. The molecule has 0 saturated carbocycles. The van der Waals surface area contributed by atoms with Gasteiger partial charge in [0, 0.05) is 25.6 Å². The molecule has 0 fully saturated rings. The second-order valence-corrected chi connectivity index (χ2v) is 11.7. The highest BCUT2D eigenvalue weighted by atomic mass is 79.9. The Morgan fingerprint density at radius 3 is 1.68 bits per heavy atom. The van der Waals surface area contributed by atoms with Crippen LogP contribution in [0.2, 0.25) is 0 Å². The summed E-state index contributed by atoms with van der Waals surface area (Å²) < 4.78 is 15.6. The van der Waals surface area contributed by atoms with Gasteiger partial charge >= 0.3 is 0 Å². The molecule has 0 spiro atoms. The minimum atomic E-state index is -0.855. The smallest absolute Gasteiger partial charge is 0.239 e. The molecule has 2 amide bonds. The summed E-state index contributed by atoms with van der Waals surface area (Å²) >= 11 is 4.32. The van der Waals surface area contributed by atoms with Gasteiger partial charge in [0.2, 0.25) is 11.8 Å². The first-order valence-corrected chi connectivity index (χ1v) is 12.3. The number of imide groups is 1. The molecule has 174 valence electrons. The maximum Gasteiger partial charge on any atom is 0.239 e. The van der Waals surface area contributed by atoms with E-state index in [1.165, 1.54) is 12.1 Å². The van der Waals surface area contributed by atoms with E-state index in [1.807, 2.05) is 34.6 Å². The van der Waals surface area contributed by atoms with Gasteiger partial charge in [0.15, 0.2) is 5.12 Å². The van der Waals surface area contributed by atoms with Crippen molar-refractivity contribution >= 4 is 50.3 Å². The lowest BCUT2D eigenvalue weighted by Gasteiger charge is -2.35. The molecule has 0 N–H and O–H groups in total. The van der Waals surface area contributed by atoms with Crippen LogP contribution in [-0.2, 0) is 14.4 Å². The minimum Gasteiger partial charge on any atom is -0.286 e. The summed E-state index contributed by atoms with van der Waals surface area (Å²) in [7, 11) is 0. The molecular weight excluding hydrogens is 481 g/mol. The second kappa shape index (κ2) is 10.2. The Morgan fingerprint density at radius 2 is 1.29 bits per heavy atom. The number of carbonyl (C=O) groups excluding carboxylic acids is 3. The van der Waals surface area contributed by atoms with Crippen LogP contribution in [0.1, 0.15) is 81.6 Å². The van der Waals surface area contributed by atoms with E-state index in [-0.39, 0.29) is 10.8 Å². The van der Waals surface area contributed by atoms with E-state index < -0.39 is 33.9 Å². The zero-order valence-electron chi connectivity index (χ0n) is 20.1. The van der Waals surface area contributed by atoms with Crippen molar-refractivity contribution in [1.82, 2.24) is 0 Å². The van der Waals surface area contributed by atoms with Crippen LogP contribution in [0, 0.1) is 22.1 Å². The number of hydrogen-bond acceptors (Lipinski definition) is 4. The zero-order chi connectivity index (χ0) is 24.4. The first kappa shape index (κ1) is 27.8. The van der Waals surface area contributed by atoms with Crippen molar-refractivity contribution < 1.29 is 18.8 Å². The van der Waals surface area contributed by atoms with E-state index in [0.29, 0.717) is 28.6 Å². The third kappa shape index (κ3) is 6.19. The van der Waals surface area contributed by atoms with E-state index in [4.69, 9.17) is 0 Å². The molecule has 0 heterocycles. The third-order valence-electron chi connectivity index (χ3n) is 6.21. The zero-order valence-corrected chi connectivity index (χ0v) is 22.5. The van der Waals surface area contributed by atoms with Gasteiger partial charge in [-0.3, -0.25) is 14.4 Å². The van der Waals surface area contributed by atoms with Crippen LogP contribution in [0.4, 0.5) is 10.1 Å². The van der Waals surface area contributed by atoms with Gasteiger partial charge in [-0.05, 0) is 47.3 Å². The number of nitrogens with zero attached hydrogens (tertiary/aromatic N) is 1. The molecular formula is C24H35BrFNO3S. The Balaban J connectivity index is 3.67. The van der Waals surface area contributed by atoms with Gasteiger partial charge in [-0.15, -0.1) is 0 Å². The van der Waals surface area contributed by atoms with Gasteiger partial charge in [-0.2, -0.15) is 0 Å². The molecule has 0 aliphatic carbocycles. The van der Waals surface area contributed by atoms with Crippen molar-refractivity contribution in [1.29, 1.82) is 0 Å². The topological polar surface area (TPSA) is 54.5 Å². The van der Waals surface area contributed by atoms with Crippen molar-refractivity contribution in [3.63, 3.8) is 0 Å². The van der Waals surface area contributed by atoms with Crippen LogP contribution in [0.25, 0.3) is 0 Å². The maximum atomic E-state index is 15.2. The van der Waals surface area contributed by atoms with Crippen LogP contribution in [0.15, 0.2) is 21.5 Å². The first-order valence-electron chi connectivity index (χ1n) is 10.7. The molecule has 4 nitrogen and oxygen atoms in total. The van der Waals surface area contributed by atoms with Crippen molar-refractivity contribution in [2.45, 2.75) is 86.5 Å². The number of hydrogen-bond donors (Lipinski definition) is 0. The maximum absolute atomic E-state index is 15.2. The Hall–Kier alpha value is -1.21. The van der Waals surface area contributed by atoms with E-state index in [9.17, 15) is 14.4 Å². The Bertz CT molecular complexity index is 837. The van der Waals surface area contributed by atoms with Crippen molar-refractivity contribution in [3.05, 3.63) is 22.4 Å². The summed E-state index contributed by atoms with van der Waals surface area (Å²) in [4.78, 5) is 41.1. The van der Waals surface area contributed by atoms with E-state index >= 15 is 4.39 Å². The van der Waals surface area contributed by atoms with Crippen molar-refractivity contribution in [3.8, 4) is 0 Å². The van der Waals surface area contributed by atoms with Crippen molar-refractivity contribution in [2.75, 3.05) is 4.90 Å². The first-order chi connectivity index (χ1) is 14.1. The number of anilines is 1. The van der Waals surface area contributed by atoms with Gasteiger partial charge in [-0.1, -0.05) is 74.1 Å². The monoisotopic (exact) mass is 515 g/mol. The average Bonchev–Trinajstić information content (AvgIpc) is 2.70. The third-order valence-corrected chi connectivity index (χ3v) is 8.43. The predicted octanol–water partition coefficient (Wildman–Crippen LogP) is 7.38. The molecule has 1 aromatic rings. The molecule has 0 aromatic heterocycles. The summed E-state index contributed by atoms with van der Waals surface area (Å²) in [5, 5.41) is -0.0692. The highest BCUT2D eigenvalue weighted by Crippen LogP contribution is 2.41. The molecule has 0 bridgehead atoms. The van der Waals surface area contributed by atoms with E-state index in [0.717, 1.165) is 16.7 Å². The quantitative estimate of drug-likeness (QED) is 0.339. The van der Waals surface area contributed by atoms with Gasteiger partial charge in [0.25, 0.3) is 0 Å². The normalized spacial score (nSPS) is 12.6. The molecule has 0 atom stereocenters. The Morgan fingerprint density at radius 1 is 0.871 bits per heavy atom. The number of rotatable bonds is 8. The number of amides is 2. The lowest BCUT2D eigenvalue weighted by Crippen LogP contribution is -2.50. The van der Waals surface area contributed by atoms with Crippen LogP contribution in [0.5, 0.6) is 0 Å². The number of halogens is 2. The standard InChI is InChI=1S/C24H35BrFNO3S/c1-10-22(4,5)19(28)27(20(29)23(6,7)11-2)17-14-18(15(25)13-16(17)26)31-21(30)24(8,9)12-3/h13-14H,10-12H2,1-9H3. The SMILES string of the molecule is CCC(C)(C)C(=O)Sc1cc(N(C(=O)C(C)(C)CC)C(=O)C(C)(C)CC)c(F)cc1Br. The number of carbonyl (C=O) groups is 3. The lowest BCUT2D eigenvalue weighted by molar-refractivity contribution is -0.135. The number of thioether (sulfide) groups is 1. The summed E-state index contributed by atoms with van der Waals surface area (Å²) in [6, 6.07) is 2.65. The van der Waals surface area contributed by atoms with Crippen LogP contribution in [0.3, 0.4) is 0 Å². The summed E-state index contributed by atoms with van der Waals surface area (Å²) in [5.74, 6) is -1.61. The molecule has 0 unspecified atom stereocenters. The molecule has 1 aromatic carbocycles. The van der Waals surface area contributed by atoms with E-state index in [1.54, 1.807) is 27.7 Å².